The van der Waals surface area contributed by atoms with Crippen LogP contribution < -0.4 is 0 Å². The molecule has 0 amide bonds. The molecule has 0 radical (unpaired) electrons. The molecule has 2 aliphatic heterocycles. The molecule has 4 rings (SSSR count). The molecule has 1 saturated heterocycles. The quantitative estimate of drug-likeness (QED) is 0.724. The zero-order valence-corrected chi connectivity index (χ0v) is 17.5. The molecule has 2 aromatic rings. The van der Waals surface area contributed by atoms with E-state index in [4.69, 9.17) is 4.74 Å². The standard InChI is InChI=1S/C23H22N2O4S/c1-3-29-22(28)19-14(2)24-23-25(20(19)16-9-11-17(26)12-10-16)21(27)18(30-23)13-15-7-5-4-6-8-15/h4-13,20-21,26-27H,3H2,1-2H3/b18-13+. The van der Waals surface area contributed by atoms with E-state index in [1.807, 2.05) is 36.4 Å². The Balaban J connectivity index is 1.79. The number of thioether (sulfide) groups is 1. The molecule has 7 heteroatoms. The van der Waals surface area contributed by atoms with Gasteiger partial charge in [-0.05, 0) is 43.2 Å². The van der Waals surface area contributed by atoms with Crippen LogP contribution in [0.2, 0.25) is 0 Å². The van der Waals surface area contributed by atoms with Crippen LogP contribution in [-0.4, -0.2) is 39.1 Å². The lowest BCUT2D eigenvalue weighted by Gasteiger charge is -2.36. The van der Waals surface area contributed by atoms with Gasteiger partial charge in [-0.1, -0.05) is 54.2 Å². The van der Waals surface area contributed by atoms with E-state index in [0.717, 1.165) is 16.0 Å². The highest BCUT2D eigenvalue weighted by atomic mass is 32.2. The molecule has 6 nitrogen and oxygen atoms in total. The molecule has 30 heavy (non-hydrogen) atoms. The predicted molar refractivity (Wildman–Crippen MR) is 117 cm³/mol. The number of aliphatic imine (C=N–C) groups is 1. The zero-order valence-electron chi connectivity index (χ0n) is 16.6. The monoisotopic (exact) mass is 422 g/mol. The lowest BCUT2D eigenvalue weighted by atomic mass is 9.94. The molecule has 0 saturated carbocycles. The van der Waals surface area contributed by atoms with E-state index >= 15 is 0 Å². The number of hydrogen-bond acceptors (Lipinski definition) is 7. The third-order valence-corrected chi connectivity index (χ3v) is 6.01. The van der Waals surface area contributed by atoms with Crippen molar-refractivity contribution in [2.75, 3.05) is 6.61 Å². The summed E-state index contributed by atoms with van der Waals surface area (Å²) in [4.78, 5) is 19.8. The molecule has 2 atom stereocenters. The van der Waals surface area contributed by atoms with Crippen molar-refractivity contribution in [2.24, 2.45) is 4.99 Å². The van der Waals surface area contributed by atoms with Crippen molar-refractivity contribution in [3.63, 3.8) is 0 Å². The van der Waals surface area contributed by atoms with Gasteiger partial charge in [0.2, 0.25) is 0 Å². The van der Waals surface area contributed by atoms with Gasteiger partial charge in [-0.2, -0.15) is 0 Å². The highest BCUT2D eigenvalue weighted by Crippen LogP contribution is 2.47. The van der Waals surface area contributed by atoms with Gasteiger partial charge in [-0.3, -0.25) is 0 Å². The van der Waals surface area contributed by atoms with Crippen LogP contribution in [0.4, 0.5) is 0 Å². The Morgan fingerprint density at radius 1 is 1.20 bits per heavy atom. The van der Waals surface area contributed by atoms with Crippen LogP contribution in [0.15, 0.2) is 75.8 Å². The van der Waals surface area contributed by atoms with Crippen molar-refractivity contribution in [1.82, 2.24) is 4.90 Å². The summed E-state index contributed by atoms with van der Waals surface area (Å²) in [7, 11) is 0. The van der Waals surface area contributed by atoms with E-state index in [2.05, 4.69) is 4.99 Å². The first-order valence-corrected chi connectivity index (χ1v) is 10.5. The number of allylic oxidation sites excluding steroid dienone is 1. The normalized spacial score (nSPS) is 22.2. The Labute approximate surface area is 179 Å². The Bertz CT molecular complexity index is 1040. The summed E-state index contributed by atoms with van der Waals surface area (Å²) < 4.78 is 5.29. The number of phenolic OH excluding ortho intramolecular Hbond substituents is 1. The summed E-state index contributed by atoms with van der Waals surface area (Å²) >= 11 is 1.38. The number of rotatable bonds is 4. The van der Waals surface area contributed by atoms with Gasteiger partial charge < -0.3 is 19.8 Å². The molecule has 2 heterocycles. The number of fused-ring (bicyclic) bond motifs is 1. The molecule has 2 aromatic carbocycles. The fraction of sp³-hybridized carbons (Fsp3) is 0.217. The van der Waals surface area contributed by atoms with Gasteiger partial charge in [-0.15, -0.1) is 0 Å². The summed E-state index contributed by atoms with van der Waals surface area (Å²) in [5.74, 6) is -0.337. The summed E-state index contributed by atoms with van der Waals surface area (Å²) in [6.07, 6.45) is 0.953. The molecule has 0 bridgehead atoms. The second-order valence-electron chi connectivity index (χ2n) is 6.95. The minimum atomic E-state index is -0.967. The fourth-order valence-corrected chi connectivity index (χ4v) is 4.71. The van der Waals surface area contributed by atoms with Crippen molar-refractivity contribution in [3.8, 4) is 5.75 Å². The molecule has 0 spiro atoms. The number of amidine groups is 1. The molecule has 2 aliphatic rings. The van der Waals surface area contributed by atoms with E-state index in [1.165, 1.54) is 11.8 Å². The van der Waals surface area contributed by atoms with Crippen LogP contribution in [0.25, 0.3) is 6.08 Å². The molecule has 1 fully saturated rings. The van der Waals surface area contributed by atoms with Gasteiger partial charge >= 0.3 is 5.97 Å². The van der Waals surface area contributed by atoms with Gasteiger partial charge in [0.1, 0.15) is 5.75 Å². The van der Waals surface area contributed by atoms with E-state index in [-0.39, 0.29) is 12.4 Å². The summed E-state index contributed by atoms with van der Waals surface area (Å²) in [6.45, 7) is 3.77. The number of ether oxygens (including phenoxy) is 1. The zero-order chi connectivity index (χ0) is 21.3. The number of hydrogen-bond donors (Lipinski definition) is 2. The average Bonchev–Trinajstić information content (AvgIpc) is 3.03. The largest absolute Gasteiger partial charge is 0.508 e. The van der Waals surface area contributed by atoms with E-state index in [0.29, 0.717) is 16.4 Å². The van der Waals surface area contributed by atoms with Crippen molar-refractivity contribution in [1.29, 1.82) is 0 Å². The van der Waals surface area contributed by atoms with Crippen molar-refractivity contribution >= 4 is 29.0 Å². The van der Waals surface area contributed by atoms with Crippen molar-refractivity contribution in [3.05, 3.63) is 81.9 Å². The van der Waals surface area contributed by atoms with Gasteiger partial charge in [0.05, 0.1) is 23.9 Å². The van der Waals surface area contributed by atoms with Crippen molar-refractivity contribution in [2.45, 2.75) is 26.1 Å². The fourth-order valence-electron chi connectivity index (χ4n) is 3.59. The smallest absolute Gasteiger partial charge is 0.338 e. The van der Waals surface area contributed by atoms with Crippen LogP contribution in [0.1, 0.15) is 31.0 Å². The number of aliphatic hydroxyl groups excluding tert-OH is 1. The maximum atomic E-state index is 12.8. The minimum Gasteiger partial charge on any atom is -0.508 e. The van der Waals surface area contributed by atoms with Crippen molar-refractivity contribution < 1.29 is 19.7 Å². The Morgan fingerprint density at radius 3 is 2.57 bits per heavy atom. The molecule has 154 valence electrons. The molecule has 2 unspecified atom stereocenters. The van der Waals surface area contributed by atoms with Gasteiger partial charge in [0, 0.05) is 4.91 Å². The van der Waals surface area contributed by atoms with Crippen LogP contribution in [0.5, 0.6) is 5.75 Å². The second kappa shape index (κ2) is 8.38. The van der Waals surface area contributed by atoms with E-state index < -0.39 is 18.2 Å². The number of nitrogens with zero attached hydrogens (tertiary/aromatic N) is 2. The number of benzene rings is 2. The van der Waals surface area contributed by atoms with Crippen LogP contribution in [-0.2, 0) is 9.53 Å². The molecular formula is C23H22N2O4S. The second-order valence-corrected chi connectivity index (χ2v) is 7.99. The first-order valence-electron chi connectivity index (χ1n) is 9.66. The highest BCUT2D eigenvalue weighted by Gasteiger charge is 2.45. The SMILES string of the molecule is CCOC(=O)C1=C(C)N=C2S/C(=C/c3ccccc3)C(O)N2C1c1ccc(O)cc1. The summed E-state index contributed by atoms with van der Waals surface area (Å²) in [5.41, 5.74) is 2.66. The Morgan fingerprint density at radius 2 is 1.90 bits per heavy atom. The first kappa shape index (κ1) is 20.3. The van der Waals surface area contributed by atoms with Crippen LogP contribution in [0.3, 0.4) is 0 Å². The lowest BCUT2D eigenvalue weighted by molar-refractivity contribution is -0.139. The average molecular weight is 423 g/mol. The summed E-state index contributed by atoms with van der Waals surface area (Å²) in [6, 6.07) is 15.8. The third kappa shape index (κ3) is 3.74. The number of carbonyl (C=O) groups is 1. The summed E-state index contributed by atoms with van der Waals surface area (Å²) in [5, 5.41) is 21.5. The van der Waals surface area contributed by atoms with Gasteiger partial charge in [0.15, 0.2) is 11.4 Å². The molecular weight excluding hydrogens is 400 g/mol. The van der Waals surface area contributed by atoms with Gasteiger partial charge in [-0.25, -0.2) is 9.79 Å². The number of esters is 1. The highest BCUT2D eigenvalue weighted by molar-refractivity contribution is 8.17. The maximum absolute atomic E-state index is 12.8. The number of aliphatic hydroxyl groups is 1. The number of phenols is 1. The number of aromatic hydroxyl groups is 1. The van der Waals surface area contributed by atoms with Crippen LogP contribution >= 0.6 is 11.8 Å². The molecule has 0 aliphatic carbocycles. The minimum absolute atomic E-state index is 0.128. The molecule has 2 N–H and O–H groups in total. The third-order valence-electron chi connectivity index (χ3n) is 4.97. The topological polar surface area (TPSA) is 82.4 Å². The lowest BCUT2D eigenvalue weighted by Crippen LogP contribution is -2.41. The van der Waals surface area contributed by atoms with Crippen LogP contribution in [0, 0.1) is 0 Å². The first-order chi connectivity index (χ1) is 14.5. The Kier molecular flexibility index (Phi) is 5.65. The van der Waals surface area contributed by atoms with E-state index in [1.54, 1.807) is 43.0 Å². The maximum Gasteiger partial charge on any atom is 0.338 e. The van der Waals surface area contributed by atoms with E-state index in [9.17, 15) is 15.0 Å². The van der Waals surface area contributed by atoms with Gasteiger partial charge in [0.25, 0.3) is 0 Å². The Hall–Kier alpha value is -3.03. The predicted octanol–water partition coefficient (Wildman–Crippen LogP) is 4.05. The molecule has 0 aromatic heterocycles. The number of carbonyl (C=O) groups excluding carboxylic acids is 1.